The van der Waals surface area contributed by atoms with Gasteiger partial charge in [-0.2, -0.15) is 9.64 Å². The van der Waals surface area contributed by atoms with E-state index in [9.17, 15) is 10.1 Å². The Labute approximate surface area is 158 Å². The lowest BCUT2D eigenvalue weighted by molar-refractivity contribution is -0.114. The normalized spacial score (nSPS) is 11.0. The van der Waals surface area contributed by atoms with E-state index >= 15 is 0 Å². The largest absolute Gasteiger partial charge is 0.321 e. The molecule has 0 fully saturated rings. The molecule has 3 rings (SSSR count). The Balaban J connectivity index is 1.96. The lowest BCUT2D eigenvalue weighted by atomic mass is 10.2. The maximum atomic E-state index is 11.3. The molecule has 2 heterocycles. The summed E-state index contributed by atoms with van der Waals surface area (Å²) in [5.41, 5.74) is 1.96. The third-order valence-electron chi connectivity index (χ3n) is 3.31. The van der Waals surface area contributed by atoms with E-state index in [1.807, 2.05) is 30.3 Å². The molecule has 0 aliphatic carbocycles. The van der Waals surface area contributed by atoms with E-state index in [2.05, 4.69) is 30.6 Å². The van der Waals surface area contributed by atoms with Crippen molar-refractivity contribution in [2.75, 3.05) is 5.75 Å². The van der Waals surface area contributed by atoms with E-state index in [0.29, 0.717) is 38.7 Å². The first-order valence-electron chi connectivity index (χ1n) is 7.64. The molecule has 0 unspecified atom stereocenters. The standard InChI is InChI=1S/C17H14N6OS2/c1-10(24)9-25-17-15(19-14(20-17)12-6-4-3-5-7-12)21-22-16-13(8-18)11(2)23-26-16/h3-7H,9H2,1-2H3,(H,19,20). The topological polar surface area (TPSA) is 107 Å². The second kappa shape index (κ2) is 8.03. The fourth-order valence-electron chi connectivity index (χ4n) is 2.07. The number of ketones is 1. The number of imidazole rings is 1. The number of carbonyl (C=O) groups excluding carboxylic acids is 1. The van der Waals surface area contributed by atoms with Crippen LogP contribution in [0.2, 0.25) is 0 Å². The molecule has 1 N–H and O–H groups in total. The van der Waals surface area contributed by atoms with Crippen molar-refractivity contribution >= 4 is 39.9 Å². The molecule has 2 aromatic heterocycles. The van der Waals surface area contributed by atoms with E-state index in [1.165, 1.54) is 18.7 Å². The summed E-state index contributed by atoms with van der Waals surface area (Å²) in [6.45, 7) is 3.28. The minimum atomic E-state index is 0.0481. The summed E-state index contributed by atoms with van der Waals surface area (Å²) in [5.74, 6) is 1.44. The summed E-state index contributed by atoms with van der Waals surface area (Å²) in [5, 5.41) is 18.6. The number of nitrogens with one attached hydrogen (secondary N) is 1. The summed E-state index contributed by atoms with van der Waals surface area (Å²) in [4.78, 5) is 19.0. The van der Waals surface area contributed by atoms with Crippen LogP contribution in [-0.4, -0.2) is 25.9 Å². The van der Waals surface area contributed by atoms with Crippen molar-refractivity contribution < 1.29 is 4.79 Å². The molecule has 9 heteroatoms. The molecule has 0 atom stereocenters. The van der Waals surface area contributed by atoms with Crippen LogP contribution < -0.4 is 0 Å². The predicted molar refractivity (Wildman–Crippen MR) is 101 cm³/mol. The van der Waals surface area contributed by atoms with Crippen LogP contribution in [0.25, 0.3) is 11.4 Å². The highest BCUT2D eigenvalue weighted by Gasteiger charge is 2.14. The second-order valence-electron chi connectivity index (χ2n) is 5.36. The Morgan fingerprint density at radius 1 is 1.35 bits per heavy atom. The zero-order chi connectivity index (χ0) is 18.5. The fourth-order valence-corrected chi connectivity index (χ4v) is 3.47. The molecule has 0 saturated carbocycles. The number of H-pyrrole nitrogens is 1. The number of hydrogen-bond donors (Lipinski definition) is 1. The van der Waals surface area contributed by atoms with Crippen LogP contribution in [0, 0.1) is 18.3 Å². The van der Waals surface area contributed by atoms with Crippen LogP contribution in [-0.2, 0) is 4.79 Å². The Bertz CT molecular complexity index is 1000. The van der Waals surface area contributed by atoms with Gasteiger partial charge in [-0.1, -0.05) is 42.1 Å². The molecular weight excluding hydrogens is 368 g/mol. The number of Topliss-reactive ketones (excluding diaryl/α,β-unsaturated/α-hetero) is 1. The van der Waals surface area contributed by atoms with Crippen molar-refractivity contribution in [3.8, 4) is 17.5 Å². The number of nitrogens with zero attached hydrogens (tertiary/aromatic N) is 5. The third kappa shape index (κ3) is 4.04. The van der Waals surface area contributed by atoms with Gasteiger partial charge >= 0.3 is 0 Å². The van der Waals surface area contributed by atoms with E-state index in [0.717, 1.165) is 17.1 Å². The Morgan fingerprint density at radius 2 is 2.12 bits per heavy atom. The summed E-state index contributed by atoms with van der Waals surface area (Å²) < 4.78 is 4.12. The minimum absolute atomic E-state index is 0.0481. The SMILES string of the molecule is CC(=O)CSc1nc(-c2ccccc2)[nH]c1N=Nc1snc(C)c1C#N. The number of rotatable bonds is 6. The zero-order valence-corrected chi connectivity index (χ0v) is 15.7. The monoisotopic (exact) mass is 382 g/mol. The molecule has 1 aromatic carbocycles. The highest BCUT2D eigenvalue weighted by molar-refractivity contribution is 8.00. The van der Waals surface area contributed by atoms with E-state index < -0.39 is 0 Å². The van der Waals surface area contributed by atoms with E-state index in [4.69, 9.17) is 0 Å². The van der Waals surface area contributed by atoms with Gasteiger partial charge in [-0.25, -0.2) is 4.98 Å². The number of carbonyl (C=O) groups is 1. The Kier molecular flexibility index (Phi) is 5.55. The number of nitriles is 1. The maximum absolute atomic E-state index is 11.3. The molecule has 0 saturated heterocycles. The van der Waals surface area contributed by atoms with Crippen molar-refractivity contribution in [3.63, 3.8) is 0 Å². The fraction of sp³-hybridized carbons (Fsp3) is 0.176. The zero-order valence-electron chi connectivity index (χ0n) is 14.1. The van der Waals surface area contributed by atoms with Gasteiger partial charge in [-0.05, 0) is 25.4 Å². The molecule has 3 aromatic rings. The van der Waals surface area contributed by atoms with Crippen molar-refractivity contribution in [3.05, 3.63) is 41.6 Å². The number of aromatic amines is 1. The first kappa shape index (κ1) is 18.0. The van der Waals surface area contributed by atoms with Gasteiger partial charge in [0.25, 0.3) is 0 Å². The molecule has 0 spiro atoms. The average molecular weight is 382 g/mol. The van der Waals surface area contributed by atoms with Crippen molar-refractivity contribution in [1.29, 1.82) is 5.26 Å². The molecule has 0 aliphatic rings. The van der Waals surface area contributed by atoms with Gasteiger partial charge in [0.2, 0.25) is 0 Å². The predicted octanol–water partition coefficient (Wildman–Crippen LogP) is 4.81. The number of aromatic nitrogens is 3. The molecule has 0 aliphatic heterocycles. The summed E-state index contributed by atoms with van der Waals surface area (Å²) in [6, 6.07) is 11.7. The molecule has 26 heavy (non-hydrogen) atoms. The number of thioether (sulfide) groups is 1. The Hall–Kier alpha value is -2.83. The number of hydrogen-bond acceptors (Lipinski definition) is 8. The first-order valence-corrected chi connectivity index (χ1v) is 9.40. The van der Waals surface area contributed by atoms with Crippen molar-refractivity contribution in [2.45, 2.75) is 18.9 Å². The second-order valence-corrected chi connectivity index (χ2v) is 7.07. The van der Waals surface area contributed by atoms with Gasteiger partial charge in [-0.3, -0.25) is 4.79 Å². The average Bonchev–Trinajstić information content (AvgIpc) is 3.21. The van der Waals surface area contributed by atoms with Crippen LogP contribution in [0.1, 0.15) is 18.2 Å². The molecule has 0 amide bonds. The number of azo groups is 1. The highest BCUT2D eigenvalue weighted by atomic mass is 32.2. The van der Waals surface area contributed by atoms with Crippen LogP contribution in [0.5, 0.6) is 0 Å². The third-order valence-corrected chi connectivity index (χ3v) is 5.24. The lowest BCUT2D eigenvalue weighted by Gasteiger charge is -1.94. The Morgan fingerprint density at radius 3 is 2.81 bits per heavy atom. The summed E-state index contributed by atoms with van der Waals surface area (Å²) in [6.07, 6.45) is 0. The van der Waals surface area contributed by atoms with Crippen LogP contribution in [0.15, 0.2) is 45.6 Å². The van der Waals surface area contributed by atoms with Crippen molar-refractivity contribution in [2.24, 2.45) is 10.2 Å². The number of benzene rings is 1. The van der Waals surface area contributed by atoms with E-state index in [-0.39, 0.29) is 5.78 Å². The van der Waals surface area contributed by atoms with Crippen LogP contribution >= 0.6 is 23.3 Å². The molecule has 0 bridgehead atoms. The van der Waals surface area contributed by atoms with Gasteiger partial charge in [0, 0.05) is 5.56 Å². The minimum Gasteiger partial charge on any atom is -0.321 e. The van der Waals surface area contributed by atoms with Gasteiger partial charge in [0.1, 0.15) is 28.3 Å². The van der Waals surface area contributed by atoms with Gasteiger partial charge < -0.3 is 4.98 Å². The molecular formula is C17H14N6OS2. The van der Waals surface area contributed by atoms with Gasteiger partial charge in [-0.15, -0.1) is 10.2 Å². The number of aryl methyl sites for hydroxylation is 1. The first-order chi connectivity index (χ1) is 12.6. The molecule has 130 valence electrons. The highest BCUT2D eigenvalue weighted by Crippen LogP contribution is 2.34. The van der Waals surface area contributed by atoms with Gasteiger partial charge in [0.15, 0.2) is 10.8 Å². The van der Waals surface area contributed by atoms with Crippen molar-refractivity contribution in [1.82, 2.24) is 14.3 Å². The van der Waals surface area contributed by atoms with E-state index in [1.54, 1.807) is 6.92 Å². The lowest BCUT2D eigenvalue weighted by Crippen LogP contribution is -1.92. The summed E-state index contributed by atoms with van der Waals surface area (Å²) in [7, 11) is 0. The molecule has 7 nitrogen and oxygen atoms in total. The van der Waals surface area contributed by atoms with Gasteiger partial charge in [0.05, 0.1) is 11.4 Å². The van der Waals surface area contributed by atoms with Crippen LogP contribution in [0.3, 0.4) is 0 Å². The quantitative estimate of drug-likeness (QED) is 0.486. The summed E-state index contributed by atoms with van der Waals surface area (Å²) >= 11 is 2.42. The maximum Gasteiger partial charge on any atom is 0.186 e. The van der Waals surface area contributed by atoms with Crippen LogP contribution in [0.4, 0.5) is 10.8 Å². The smallest absolute Gasteiger partial charge is 0.186 e. The molecule has 0 radical (unpaired) electrons.